The Morgan fingerprint density at radius 1 is 1.11 bits per heavy atom. The lowest BCUT2D eigenvalue weighted by atomic mass is 9.74. The van der Waals surface area contributed by atoms with E-state index in [1.165, 1.54) is 38.5 Å². The topological polar surface area (TPSA) is 21.3 Å². The molecule has 0 spiro atoms. The van der Waals surface area contributed by atoms with Gasteiger partial charge in [-0.05, 0) is 44.1 Å². The van der Waals surface area contributed by atoms with Gasteiger partial charge in [-0.3, -0.25) is 0 Å². The van der Waals surface area contributed by atoms with E-state index in [2.05, 4.69) is 39.9 Å². The summed E-state index contributed by atoms with van der Waals surface area (Å²) in [5.74, 6) is 0.752. The highest BCUT2D eigenvalue weighted by Gasteiger charge is 2.37. The van der Waals surface area contributed by atoms with Gasteiger partial charge >= 0.3 is 0 Å². The zero-order valence-corrected chi connectivity index (χ0v) is 13.8. The Labute approximate surface area is 120 Å². The van der Waals surface area contributed by atoms with Gasteiger partial charge in [-0.15, -0.1) is 0 Å². The van der Waals surface area contributed by atoms with Crippen molar-refractivity contribution in [3.8, 4) is 0 Å². The van der Waals surface area contributed by atoms with Crippen molar-refractivity contribution >= 4 is 0 Å². The SMILES string of the molecule is CCCNC(C(OCC)C1CCCCC1)C(C)(C)C. The standard InChI is InChI=1S/C17H35NO/c1-6-13-18-16(17(3,4)5)15(19-7-2)14-11-9-8-10-12-14/h14-16,18H,6-13H2,1-5H3. The summed E-state index contributed by atoms with van der Waals surface area (Å²) in [4.78, 5) is 0. The molecule has 1 rings (SSSR count). The molecule has 2 nitrogen and oxygen atoms in total. The predicted octanol–water partition coefficient (Wildman–Crippen LogP) is 4.39. The number of hydrogen-bond acceptors (Lipinski definition) is 2. The van der Waals surface area contributed by atoms with E-state index in [1.807, 2.05) is 0 Å². The second-order valence-electron chi connectivity index (χ2n) is 7.12. The first-order valence-corrected chi connectivity index (χ1v) is 8.35. The molecule has 2 heteroatoms. The lowest BCUT2D eigenvalue weighted by Crippen LogP contribution is -2.53. The molecule has 114 valence electrons. The molecule has 0 radical (unpaired) electrons. The molecule has 0 saturated heterocycles. The summed E-state index contributed by atoms with van der Waals surface area (Å²) < 4.78 is 6.20. The third kappa shape index (κ3) is 5.43. The van der Waals surface area contributed by atoms with E-state index in [-0.39, 0.29) is 5.41 Å². The summed E-state index contributed by atoms with van der Waals surface area (Å²) in [6, 6.07) is 0.468. The Morgan fingerprint density at radius 3 is 2.21 bits per heavy atom. The maximum atomic E-state index is 6.20. The van der Waals surface area contributed by atoms with Crippen molar-refractivity contribution in [2.75, 3.05) is 13.2 Å². The first kappa shape index (κ1) is 17.0. The number of nitrogens with one attached hydrogen (secondary N) is 1. The fraction of sp³-hybridized carbons (Fsp3) is 1.00. The van der Waals surface area contributed by atoms with E-state index in [0.717, 1.165) is 19.1 Å². The van der Waals surface area contributed by atoms with Gasteiger partial charge in [-0.25, -0.2) is 0 Å². The van der Waals surface area contributed by atoms with Crippen molar-refractivity contribution in [1.82, 2.24) is 5.32 Å². The molecule has 2 atom stereocenters. The zero-order chi connectivity index (χ0) is 14.3. The van der Waals surface area contributed by atoms with Crippen LogP contribution >= 0.6 is 0 Å². The number of ether oxygens (including phenoxy) is 1. The Kier molecular flexibility index (Phi) is 7.38. The maximum Gasteiger partial charge on any atom is 0.0761 e. The van der Waals surface area contributed by atoms with Gasteiger partial charge in [0.25, 0.3) is 0 Å². The first-order chi connectivity index (χ1) is 9.00. The van der Waals surface area contributed by atoms with Crippen molar-refractivity contribution in [3.05, 3.63) is 0 Å². The molecule has 1 aliphatic rings. The highest BCUT2D eigenvalue weighted by atomic mass is 16.5. The van der Waals surface area contributed by atoms with Gasteiger partial charge in [-0.2, -0.15) is 0 Å². The Morgan fingerprint density at radius 2 is 1.74 bits per heavy atom. The summed E-state index contributed by atoms with van der Waals surface area (Å²) in [7, 11) is 0. The van der Waals surface area contributed by atoms with Crippen LogP contribution in [0.5, 0.6) is 0 Å². The molecule has 0 bridgehead atoms. The number of rotatable bonds is 7. The molecule has 1 fully saturated rings. The average molecular weight is 269 g/mol. The molecule has 0 aromatic carbocycles. The van der Waals surface area contributed by atoms with Crippen molar-refractivity contribution < 1.29 is 4.74 Å². The maximum absolute atomic E-state index is 6.20. The van der Waals surface area contributed by atoms with Crippen LogP contribution in [0.25, 0.3) is 0 Å². The minimum atomic E-state index is 0.256. The third-order valence-electron chi connectivity index (χ3n) is 4.35. The van der Waals surface area contributed by atoms with Crippen LogP contribution in [0, 0.1) is 11.3 Å². The minimum Gasteiger partial charge on any atom is -0.377 e. The molecule has 0 heterocycles. The van der Waals surface area contributed by atoms with Crippen LogP contribution in [0.15, 0.2) is 0 Å². The molecule has 0 aromatic rings. The lowest BCUT2D eigenvalue weighted by molar-refractivity contribution is -0.0429. The van der Waals surface area contributed by atoms with Gasteiger partial charge in [0.15, 0.2) is 0 Å². The fourth-order valence-electron chi connectivity index (χ4n) is 3.37. The average Bonchev–Trinajstić information content (AvgIpc) is 2.37. The van der Waals surface area contributed by atoms with Crippen LogP contribution in [0.3, 0.4) is 0 Å². The molecule has 19 heavy (non-hydrogen) atoms. The Balaban J connectivity index is 2.77. The molecular formula is C17H35NO. The Bertz CT molecular complexity index is 228. The molecule has 2 unspecified atom stereocenters. The predicted molar refractivity (Wildman–Crippen MR) is 83.5 cm³/mol. The zero-order valence-electron chi connectivity index (χ0n) is 13.8. The highest BCUT2D eigenvalue weighted by molar-refractivity contribution is 4.92. The van der Waals surface area contributed by atoms with E-state index >= 15 is 0 Å². The smallest absolute Gasteiger partial charge is 0.0761 e. The van der Waals surface area contributed by atoms with E-state index in [0.29, 0.717) is 12.1 Å². The molecule has 1 N–H and O–H groups in total. The molecule has 0 aromatic heterocycles. The summed E-state index contributed by atoms with van der Waals surface area (Å²) in [6.07, 6.45) is 8.47. The van der Waals surface area contributed by atoms with Gasteiger partial charge in [0.2, 0.25) is 0 Å². The Hall–Kier alpha value is -0.0800. The van der Waals surface area contributed by atoms with E-state index in [4.69, 9.17) is 4.74 Å². The molecule has 1 saturated carbocycles. The third-order valence-corrected chi connectivity index (χ3v) is 4.35. The molecular weight excluding hydrogens is 234 g/mol. The minimum absolute atomic E-state index is 0.256. The highest BCUT2D eigenvalue weighted by Crippen LogP contribution is 2.34. The van der Waals surface area contributed by atoms with Crippen molar-refractivity contribution in [1.29, 1.82) is 0 Å². The van der Waals surface area contributed by atoms with Crippen LogP contribution in [0.1, 0.15) is 73.1 Å². The van der Waals surface area contributed by atoms with Crippen LogP contribution in [-0.4, -0.2) is 25.3 Å². The van der Waals surface area contributed by atoms with Gasteiger partial charge in [-0.1, -0.05) is 47.0 Å². The van der Waals surface area contributed by atoms with Crippen molar-refractivity contribution in [3.63, 3.8) is 0 Å². The lowest BCUT2D eigenvalue weighted by Gasteiger charge is -2.42. The van der Waals surface area contributed by atoms with Gasteiger partial charge < -0.3 is 10.1 Å². The van der Waals surface area contributed by atoms with Gasteiger partial charge in [0.1, 0.15) is 0 Å². The van der Waals surface area contributed by atoms with Crippen molar-refractivity contribution in [2.45, 2.75) is 85.3 Å². The fourth-order valence-corrected chi connectivity index (χ4v) is 3.37. The normalized spacial score (nSPS) is 21.3. The second-order valence-corrected chi connectivity index (χ2v) is 7.12. The van der Waals surface area contributed by atoms with Crippen LogP contribution in [0.2, 0.25) is 0 Å². The summed E-state index contributed by atoms with van der Waals surface area (Å²) in [6.45, 7) is 13.3. The number of hydrogen-bond donors (Lipinski definition) is 1. The molecule has 0 amide bonds. The monoisotopic (exact) mass is 269 g/mol. The van der Waals surface area contributed by atoms with Crippen LogP contribution in [0.4, 0.5) is 0 Å². The second kappa shape index (κ2) is 8.26. The summed E-state index contributed by atoms with van der Waals surface area (Å²) >= 11 is 0. The van der Waals surface area contributed by atoms with Crippen molar-refractivity contribution in [2.24, 2.45) is 11.3 Å². The molecule has 1 aliphatic carbocycles. The van der Waals surface area contributed by atoms with Crippen LogP contribution in [-0.2, 0) is 4.74 Å². The summed E-state index contributed by atoms with van der Waals surface area (Å²) in [5, 5.41) is 3.77. The van der Waals surface area contributed by atoms with Gasteiger partial charge in [0, 0.05) is 12.6 Å². The summed E-state index contributed by atoms with van der Waals surface area (Å²) in [5.41, 5.74) is 0.256. The largest absolute Gasteiger partial charge is 0.377 e. The van der Waals surface area contributed by atoms with Gasteiger partial charge in [0.05, 0.1) is 6.10 Å². The van der Waals surface area contributed by atoms with E-state index < -0.39 is 0 Å². The first-order valence-electron chi connectivity index (χ1n) is 8.35. The van der Waals surface area contributed by atoms with Crippen LogP contribution < -0.4 is 5.32 Å². The quantitative estimate of drug-likeness (QED) is 0.740. The van der Waals surface area contributed by atoms with E-state index in [9.17, 15) is 0 Å². The molecule has 0 aliphatic heterocycles. The van der Waals surface area contributed by atoms with E-state index in [1.54, 1.807) is 0 Å².